The van der Waals surface area contributed by atoms with Crippen molar-refractivity contribution in [3.05, 3.63) is 35.6 Å². The monoisotopic (exact) mass is 239 g/mol. The lowest BCUT2D eigenvalue weighted by Crippen LogP contribution is -2.26. The molecule has 1 atom stereocenters. The van der Waals surface area contributed by atoms with E-state index in [1.165, 1.54) is 12.1 Å². The summed E-state index contributed by atoms with van der Waals surface area (Å²) in [6, 6.07) is 6.20. The topological polar surface area (TPSA) is 23.5 Å². The van der Waals surface area contributed by atoms with Crippen LogP contribution < -0.4 is 0 Å². The van der Waals surface area contributed by atoms with Crippen LogP contribution in [0.4, 0.5) is 4.39 Å². The van der Waals surface area contributed by atoms with Gasteiger partial charge in [0.05, 0.1) is 6.10 Å². The Balaban J connectivity index is 2.46. The zero-order valence-electron chi connectivity index (χ0n) is 10.7. The van der Waals surface area contributed by atoms with Gasteiger partial charge in [0.1, 0.15) is 5.82 Å². The number of aliphatic hydroxyl groups excluding tert-OH is 1. The van der Waals surface area contributed by atoms with Crippen LogP contribution in [0.25, 0.3) is 0 Å². The van der Waals surface area contributed by atoms with Gasteiger partial charge in [0.2, 0.25) is 0 Å². The van der Waals surface area contributed by atoms with Gasteiger partial charge in [0, 0.05) is 6.54 Å². The third-order valence-electron chi connectivity index (χ3n) is 2.94. The Labute approximate surface area is 103 Å². The molecule has 1 rings (SSSR count). The van der Waals surface area contributed by atoms with Crippen molar-refractivity contribution in [2.24, 2.45) is 0 Å². The van der Waals surface area contributed by atoms with E-state index < -0.39 is 6.10 Å². The predicted molar refractivity (Wildman–Crippen MR) is 68.4 cm³/mol. The number of rotatable bonds is 7. The fourth-order valence-electron chi connectivity index (χ4n) is 1.93. The van der Waals surface area contributed by atoms with Crippen molar-refractivity contribution in [3.8, 4) is 0 Å². The summed E-state index contributed by atoms with van der Waals surface area (Å²) in [4.78, 5) is 2.29. The molecule has 0 bridgehead atoms. The van der Waals surface area contributed by atoms with Crippen LogP contribution in [0.1, 0.15) is 38.4 Å². The van der Waals surface area contributed by atoms with Gasteiger partial charge in [-0.05, 0) is 43.6 Å². The molecule has 1 aromatic rings. The molecule has 0 aliphatic rings. The molecule has 0 aliphatic carbocycles. The Morgan fingerprint density at radius 3 is 2.65 bits per heavy atom. The Hall–Kier alpha value is -0.930. The third kappa shape index (κ3) is 4.84. The van der Waals surface area contributed by atoms with Crippen LogP contribution in [0, 0.1) is 5.82 Å². The van der Waals surface area contributed by atoms with Gasteiger partial charge < -0.3 is 10.0 Å². The minimum absolute atomic E-state index is 0.289. The molecule has 96 valence electrons. The highest BCUT2D eigenvalue weighted by molar-refractivity contribution is 5.18. The highest BCUT2D eigenvalue weighted by atomic mass is 19.1. The third-order valence-corrected chi connectivity index (χ3v) is 2.94. The normalized spacial score (nSPS) is 13.0. The van der Waals surface area contributed by atoms with E-state index in [-0.39, 0.29) is 5.82 Å². The van der Waals surface area contributed by atoms with E-state index in [4.69, 9.17) is 0 Å². The van der Waals surface area contributed by atoms with Crippen molar-refractivity contribution in [3.63, 3.8) is 0 Å². The van der Waals surface area contributed by atoms with E-state index in [1.54, 1.807) is 12.1 Å². The summed E-state index contributed by atoms with van der Waals surface area (Å²) in [5, 5.41) is 9.96. The lowest BCUT2D eigenvalue weighted by atomic mass is 10.1. The second kappa shape index (κ2) is 7.41. The highest BCUT2D eigenvalue weighted by Gasteiger charge is 2.10. The van der Waals surface area contributed by atoms with E-state index in [0.29, 0.717) is 12.0 Å². The molecule has 0 amide bonds. The van der Waals surface area contributed by atoms with Crippen LogP contribution in [0.15, 0.2) is 24.3 Å². The van der Waals surface area contributed by atoms with Gasteiger partial charge in [0.15, 0.2) is 0 Å². The molecule has 0 aromatic heterocycles. The quantitative estimate of drug-likeness (QED) is 0.790. The lowest BCUT2D eigenvalue weighted by Gasteiger charge is -2.21. The van der Waals surface area contributed by atoms with Gasteiger partial charge in [-0.2, -0.15) is 0 Å². The first-order valence-corrected chi connectivity index (χ1v) is 6.33. The van der Waals surface area contributed by atoms with Gasteiger partial charge in [-0.25, -0.2) is 4.39 Å². The number of nitrogens with zero attached hydrogens (tertiary/aromatic N) is 1. The van der Waals surface area contributed by atoms with Crippen LogP contribution >= 0.6 is 0 Å². The Bertz CT molecular complexity index is 330. The van der Waals surface area contributed by atoms with Crippen molar-refractivity contribution in [2.75, 3.05) is 19.6 Å². The molecular formula is C14H22FNO. The molecule has 1 aromatic carbocycles. The molecule has 0 spiro atoms. The van der Waals surface area contributed by atoms with Gasteiger partial charge in [-0.1, -0.05) is 26.0 Å². The molecule has 0 saturated heterocycles. The first-order chi connectivity index (χ1) is 8.17. The number of aliphatic hydroxyl groups is 1. The smallest absolute Gasteiger partial charge is 0.123 e. The molecule has 0 radical (unpaired) electrons. The van der Waals surface area contributed by atoms with Crippen LogP contribution in [0.3, 0.4) is 0 Å². The minimum atomic E-state index is -0.573. The molecular weight excluding hydrogens is 217 g/mol. The molecule has 0 fully saturated rings. The minimum Gasteiger partial charge on any atom is -0.388 e. The first kappa shape index (κ1) is 14.1. The second-order valence-corrected chi connectivity index (χ2v) is 4.29. The van der Waals surface area contributed by atoms with Crippen molar-refractivity contribution in [1.29, 1.82) is 0 Å². The largest absolute Gasteiger partial charge is 0.388 e. The number of hydrogen-bond acceptors (Lipinski definition) is 2. The Morgan fingerprint density at radius 2 is 2.06 bits per heavy atom. The summed E-state index contributed by atoms with van der Waals surface area (Å²) >= 11 is 0. The van der Waals surface area contributed by atoms with Gasteiger partial charge in [0.25, 0.3) is 0 Å². The molecule has 0 saturated carbocycles. The summed E-state index contributed by atoms with van der Waals surface area (Å²) in [6.45, 7) is 7.15. The Kier molecular flexibility index (Phi) is 6.16. The van der Waals surface area contributed by atoms with Crippen LogP contribution in [0.2, 0.25) is 0 Å². The van der Waals surface area contributed by atoms with E-state index in [0.717, 1.165) is 26.1 Å². The average Bonchev–Trinajstić information content (AvgIpc) is 2.34. The molecule has 3 heteroatoms. The van der Waals surface area contributed by atoms with E-state index in [1.807, 2.05) is 0 Å². The second-order valence-electron chi connectivity index (χ2n) is 4.29. The van der Waals surface area contributed by atoms with Crippen LogP contribution in [-0.4, -0.2) is 29.6 Å². The summed E-state index contributed by atoms with van der Waals surface area (Å²) in [5.74, 6) is -0.289. The first-order valence-electron chi connectivity index (χ1n) is 6.33. The van der Waals surface area contributed by atoms with Gasteiger partial charge >= 0.3 is 0 Å². The van der Waals surface area contributed by atoms with Crippen LogP contribution in [-0.2, 0) is 0 Å². The fraction of sp³-hybridized carbons (Fsp3) is 0.571. The van der Waals surface area contributed by atoms with Crippen molar-refractivity contribution < 1.29 is 9.50 Å². The van der Waals surface area contributed by atoms with E-state index in [9.17, 15) is 9.50 Å². The molecule has 1 N–H and O–H groups in total. The molecule has 0 aliphatic heterocycles. The lowest BCUT2D eigenvalue weighted by molar-refractivity contribution is 0.143. The van der Waals surface area contributed by atoms with E-state index >= 15 is 0 Å². The molecule has 2 nitrogen and oxygen atoms in total. The number of benzene rings is 1. The number of hydrogen-bond donors (Lipinski definition) is 1. The number of halogens is 1. The standard InChI is InChI=1S/C14H22FNO/c1-3-9-16(4-2)10-8-14(17)12-6-5-7-13(15)11-12/h5-7,11,14,17H,3-4,8-10H2,1-2H3. The molecule has 17 heavy (non-hydrogen) atoms. The zero-order chi connectivity index (χ0) is 12.7. The predicted octanol–water partition coefficient (Wildman–Crippen LogP) is 2.98. The van der Waals surface area contributed by atoms with Gasteiger partial charge in [-0.3, -0.25) is 0 Å². The average molecular weight is 239 g/mol. The van der Waals surface area contributed by atoms with E-state index in [2.05, 4.69) is 18.7 Å². The van der Waals surface area contributed by atoms with Crippen molar-refractivity contribution >= 4 is 0 Å². The Morgan fingerprint density at radius 1 is 1.29 bits per heavy atom. The molecule has 0 heterocycles. The summed E-state index contributed by atoms with van der Waals surface area (Å²) in [5.41, 5.74) is 0.664. The summed E-state index contributed by atoms with van der Waals surface area (Å²) in [6.07, 6.45) is 1.19. The molecule has 1 unspecified atom stereocenters. The highest BCUT2D eigenvalue weighted by Crippen LogP contribution is 2.17. The summed E-state index contributed by atoms with van der Waals surface area (Å²) < 4.78 is 13.0. The maximum absolute atomic E-state index is 13.0. The SMILES string of the molecule is CCCN(CC)CCC(O)c1cccc(F)c1. The maximum atomic E-state index is 13.0. The van der Waals surface area contributed by atoms with Crippen LogP contribution in [0.5, 0.6) is 0 Å². The zero-order valence-corrected chi connectivity index (χ0v) is 10.7. The van der Waals surface area contributed by atoms with Crippen molar-refractivity contribution in [2.45, 2.75) is 32.8 Å². The summed E-state index contributed by atoms with van der Waals surface area (Å²) in [7, 11) is 0. The van der Waals surface area contributed by atoms with Crippen molar-refractivity contribution in [1.82, 2.24) is 4.90 Å². The van der Waals surface area contributed by atoms with Gasteiger partial charge in [-0.15, -0.1) is 0 Å². The maximum Gasteiger partial charge on any atom is 0.123 e. The fourth-order valence-corrected chi connectivity index (χ4v) is 1.93.